The minimum absolute atomic E-state index is 0.280. The van der Waals surface area contributed by atoms with Gasteiger partial charge in [-0.15, -0.1) is 0 Å². The van der Waals surface area contributed by atoms with Gasteiger partial charge < -0.3 is 9.47 Å². The Bertz CT molecular complexity index is 1370. The van der Waals surface area contributed by atoms with Crippen LogP contribution in [0.1, 0.15) is 21.5 Å². The fourth-order valence-corrected chi connectivity index (χ4v) is 3.37. The molecule has 0 saturated heterocycles. The summed E-state index contributed by atoms with van der Waals surface area (Å²) >= 11 is 0. The summed E-state index contributed by atoms with van der Waals surface area (Å²) in [5, 5.41) is 5.89. The van der Waals surface area contributed by atoms with Gasteiger partial charge in [-0.2, -0.15) is 5.10 Å². The van der Waals surface area contributed by atoms with Gasteiger partial charge in [0.15, 0.2) is 11.5 Å². The lowest BCUT2D eigenvalue weighted by Gasteiger charge is -2.08. The van der Waals surface area contributed by atoms with Crippen molar-refractivity contribution in [2.24, 2.45) is 5.10 Å². The van der Waals surface area contributed by atoms with Crippen LogP contribution in [0.4, 0.5) is 0 Å². The molecule has 0 aromatic heterocycles. The van der Waals surface area contributed by atoms with Gasteiger partial charge in [0.1, 0.15) is 0 Å². The predicted molar refractivity (Wildman–Crippen MR) is 133 cm³/mol. The Balaban J connectivity index is 1.41. The number of carbonyl (C=O) groups excluding carboxylic acids is 2. The molecule has 4 aromatic rings. The lowest BCUT2D eigenvalue weighted by Crippen LogP contribution is -2.17. The number of nitrogens with one attached hydrogen (secondary N) is 1. The molecule has 0 fully saturated rings. The first-order valence-corrected chi connectivity index (χ1v) is 10.6. The maximum Gasteiger partial charge on any atom is 0.336 e. The quantitative estimate of drug-likeness (QED) is 0.138. The number of ether oxygens (including phenoxy) is 2. The Hall–Kier alpha value is -4.71. The lowest BCUT2D eigenvalue weighted by molar-refractivity contribution is -0.129. The highest BCUT2D eigenvalue weighted by molar-refractivity contribution is 6.07. The number of benzene rings is 4. The minimum atomic E-state index is -0.522. The van der Waals surface area contributed by atoms with Crippen molar-refractivity contribution in [1.82, 2.24) is 5.43 Å². The van der Waals surface area contributed by atoms with Crippen LogP contribution in [0.25, 0.3) is 16.8 Å². The highest BCUT2D eigenvalue weighted by Crippen LogP contribution is 2.28. The molecule has 1 N–H and O–H groups in total. The molecule has 0 heterocycles. The minimum Gasteiger partial charge on any atom is -0.493 e. The zero-order chi connectivity index (χ0) is 23.8. The third-order valence-corrected chi connectivity index (χ3v) is 5.02. The summed E-state index contributed by atoms with van der Waals surface area (Å²) in [4.78, 5) is 24.8. The van der Waals surface area contributed by atoms with Gasteiger partial charge in [-0.05, 0) is 52.2 Å². The van der Waals surface area contributed by atoms with Crippen molar-refractivity contribution in [1.29, 1.82) is 0 Å². The van der Waals surface area contributed by atoms with Crippen molar-refractivity contribution in [3.8, 4) is 11.5 Å². The van der Waals surface area contributed by atoms with Crippen LogP contribution >= 0.6 is 0 Å². The third kappa shape index (κ3) is 5.55. The molecule has 34 heavy (non-hydrogen) atoms. The fourth-order valence-electron chi connectivity index (χ4n) is 3.37. The van der Waals surface area contributed by atoms with E-state index in [4.69, 9.17) is 9.47 Å². The van der Waals surface area contributed by atoms with E-state index in [9.17, 15) is 9.59 Å². The van der Waals surface area contributed by atoms with Crippen LogP contribution in [-0.4, -0.2) is 25.2 Å². The molecule has 0 saturated carbocycles. The summed E-state index contributed by atoms with van der Waals surface area (Å²) in [5.74, 6) is -0.186. The second-order valence-corrected chi connectivity index (χ2v) is 7.30. The number of carbonyl (C=O) groups is 2. The van der Waals surface area contributed by atoms with E-state index in [1.54, 1.807) is 30.3 Å². The van der Waals surface area contributed by atoms with Gasteiger partial charge in [0.2, 0.25) is 0 Å². The third-order valence-electron chi connectivity index (χ3n) is 5.02. The van der Waals surface area contributed by atoms with E-state index in [2.05, 4.69) is 10.5 Å². The van der Waals surface area contributed by atoms with E-state index in [0.29, 0.717) is 16.9 Å². The molecule has 0 aliphatic rings. The molecule has 0 bridgehead atoms. The number of esters is 1. The van der Waals surface area contributed by atoms with Crippen LogP contribution in [-0.2, 0) is 4.79 Å². The number of amides is 1. The lowest BCUT2D eigenvalue weighted by atomic mass is 10.0. The maximum absolute atomic E-state index is 12.6. The summed E-state index contributed by atoms with van der Waals surface area (Å²) in [6, 6.07) is 27.6. The molecule has 0 atom stereocenters. The molecular weight excluding hydrogens is 428 g/mol. The molecule has 0 radical (unpaired) electrons. The van der Waals surface area contributed by atoms with Crippen molar-refractivity contribution in [3.63, 3.8) is 0 Å². The van der Waals surface area contributed by atoms with Crippen LogP contribution in [0.3, 0.4) is 0 Å². The average Bonchev–Trinajstić information content (AvgIpc) is 2.88. The Labute approximate surface area is 197 Å². The van der Waals surface area contributed by atoms with E-state index in [1.165, 1.54) is 19.4 Å². The zero-order valence-electron chi connectivity index (χ0n) is 18.5. The van der Waals surface area contributed by atoms with Gasteiger partial charge in [0.05, 0.1) is 13.3 Å². The first-order chi connectivity index (χ1) is 16.6. The van der Waals surface area contributed by atoms with Crippen molar-refractivity contribution in [2.75, 3.05) is 7.11 Å². The molecule has 4 aromatic carbocycles. The number of nitrogens with zero attached hydrogens (tertiary/aromatic N) is 1. The van der Waals surface area contributed by atoms with E-state index in [0.717, 1.165) is 16.3 Å². The van der Waals surface area contributed by atoms with Gasteiger partial charge >= 0.3 is 5.97 Å². The first kappa shape index (κ1) is 22.5. The summed E-state index contributed by atoms with van der Waals surface area (Å²) in [5.41, 5.74) is 4.65. The number of methoxy groups -OCH3 is 1. The van der Waals surface area contributed by atoms with E-state index >= 15 is 0 Å². The zero-order valence-corrected chi connectivity index (χ0v) is 18.5. The molecule has 6 heteroatoms. The van der Waals surface area contributed by atoms with Crippen molar-refractivity contribution < 1.29 is 19.1 Å². The summed E-state index contributed by atoms with van der Waals surface area (Å²) < 4.78 is 10.7. The molecule has 0 aliphatic carbocycles. The van der Waals surface area contributed by atoms with Crippen molar-refractivity contribution in [3.05, 3.63) is 114 Å². The molecule has 1 amide bonds. The average molecular weight is 450 g/mol. The summed E-state index contributed by atoms with van der Waals surface area (Å²) in [6.45, 7) is 0. The van der Waals surface area contributed by atoms with Gasteiger partial charge in [-0.1, -0.05) is 66.7 Å². The van der Waals surface area contributed by atoms with Crippen LogP contribution in [0, 0.1) is 0 Å². The topological polar surface area (TPSA) is 77.0 Å². The van der Waals surface area contributed by atoms with E-state index < -0.39 is 5.97 Å². The highest BCUT2D eigenvalue weighted by Gasteiger charge is 2.10. The molecule has 0 aliphatic heterocycles. The van der Waals surface area contributed by atoms with E-state index in [-0.39, 0.29) is 11.7 Å². The van der Waals surface area contributed by atoms with Crippen LogP contribution in [0.15, 0.2) is 102 Å². The number of fused-ring (bicyclic) bond motifs is 1. The normalized spacial score (nSPS) is 11.1. The largest absolute Gasteiger partial charge is 0.493 e. The van der Waals surface area contributed by atoms with Gasteiger partial charge in [0.25, 0.3) is 5.91 Å². The fraction of sp³-hybridized carbons (Fsp3) is 0.0357. The molecule has 0 unspecified atom stereocenters. The van der Waals surface area contributed by atoms with Crippen molar-refractivity contribution in [2.45, 2.75) is 0 Å². The molecule has 6 nitrogen and oxygen atoms in total. The Kier molecular flexibility index (Phi) is 7.10. The Morgan fingerprint density at radius 3 is 2.41 bits per heavy atom. The standard InChI is InChI=1S/C28H22N2O4/c1-33-26-18-21(14-16-25(26)34-27(31)17-15-20-8-3-2-4-9-20)19-29-30-28(32)24-13-7-11-22-10-5-6-12-23(22)24/h2-19H,1H3,(H,30,32). The van der Waals surface area contributed by atoms with E-state index in [1.807, 2.05) is 66.7 Å². The van der Waals surface area contributed by atoms with Crippen LogP contribution in [0.5, 0.6) is 11.5 Å². The smallest absolute Gasteiger partial charge is 0.336 e. The predicted octanol–water partition coefficient (Wildman–Crippen LogP) is 5.23. The highest BCUT2D eigenvalue weighted by atomic mass is 16.6. The number of hydrogen-bond donors (Lipinski definition) is 1. The molecule has 4 rings (SSSR count). The maximum atomic E-state index is 12.6. The van der Waals surface area contributed by atoms with Gasteiger partial charge in [0, 0.05) is 11.6 Å². The Morgan fingerprint density at radius 1 is 0.824 bits per heavy atom. The van der Waals surface area contributed by atoms with Crippen LogP contribution < -0.4 is 14.9 Å². The van der Waals surface area contributed by atoms with Gasteiger partial charge in [-0.3, -0.25) is 4.79 Å². The van der Waals surface area contributed by atoms with Crippen LogP contribution in [0.2, 0.25) is 0 Å². The van der Waals surface area contributed by atoms with Gasteiger partial charge in [-0.25, -0.2) is 10.2 Å². The molecule has 0 spiro atoms. The number of hydrazone groups is 1. The number of rotatable bonds is 7. The SMILES string of the molecule is COc1cc(C=NNC(=O)c2cccc3ccccc23)ccc1OC(=O)C=Cc1ccccc1. The molecular formula is C28H22N2O4. The first-order valence-electron chi connectivity index (χ1n) is 10.6. The molecule has 168 valence electrons. The monoisotopic (exact) mass is 450 g/mol. The van der Waals surface area contributed by atoms with Crippen molar-refractivity contribution >= 4 is 34.9 Å². The number of hydrogen-bond acceptors (Lipinski definition) is 5. The second-order valence-electron chi connectivity index (χ2n) is 7.30. The Morgan fingerprint density at radius 2 is 1.59 bits per heavy atom. The summed E-state index contributed by atoms with van der Waals surface area (Å²) in [6.07, 6.45) is 4.52. The summed E-state index contributed by atoms with van der Waals surface area (Å²) in [7, 11) is 1.48. The second kappa shape index (κ2) is 10.7.